The van der Waals surface area contributed by atoms with Crippen molar-refractivity contribution in [1.82, 2.24) is 0 Å². The molecule has 0 spiro atoms. The van der Waals surface area contributed by atoms with Crippen LogP contribution in [0, 0.1) is 0 Å². The molecule has 0 unspecified atom stereocenters. The van der Waals surface area contributed by atoms with Crippen LogP contribution in [0.5, 0.6) is 5.75 Å². The maximum atomic E-state index is 13.3. The molecule has 1 aromatic carbocycles. The summed E-state index contributed by atoms with van der Waals surface area (Å²) in [5.41, 5.74) is -2.55. The van der Waals surface area contributed by atoms with Crippen LogP contribution >= 0.6 is 0 Å². The van der Waals surface area contributed by atoms with Gasteiger partial charge in [0.1, 0.15) is 5.75 Å². The number of hydrogen-bond acceptors (Lipinski definition) is 4. The second-order valence-corrected chi connectivity index (χ2v) is 7.15. The number of nitrogens with zero attached hydrogens (tertiary/aromatic N) is 2. The Labute approximate surface area is 172 Å². The number of benzene rings is 1. The van der Waals surface area contributed by atoms with Crippen molar-refractivity contribution in [3.8, 4) is 5.75 Å². The SMILES string of the molecule is [2H]C([2H])(C)c1ccc(C2(C(F)(F)F)N=N2)cc1OCCCCCCCCCCC(=O)O. The fourth-order valence-corrected chi connectivity index (χ4v) is 3.13. The fraction of sp³-hybridized carbons (Fsp3) is 0.667. The van der Waals surface area contributed by atoms with E-state index in [9.17, 15) is 18.0 Å². The van der Waals surface area contributed by atoms with E-state index in [0.717, 1.165) is 38.5 Å². The van der Waals surface area contributed by atoms with Crippen LogP contribution in [0.25, 0.3) is 0 Å². The van der Waals surface area contributed by atoms with E-state index in [-0.39, 0.29) is 29.9 Å². The molecule has 8 heteroatoms. The molecule has 1 heterocycles. The van der Waals surface area contributed by atoms with Gasteiger partial charge in [0.05, 0.1) is 6.61 Å². The molecule has 0 bridgehead atoms. The van der Waals surface area contributed by atoms with Crippen LogP contribution in [0.3, 0.4) is 0 Å². The normalized spacial score (nSPS) is 16.3. The van der Waals surface area contributed by atoms with Crippen molar-refractivity contribution in [3.05, 3.63) is 29.3 Å². The molecule has 0 fully saturated rings. The lowest BCUT2D eigenvalue weighted by Crippen LogP contribution is -2.30. The first kappa shape index (κ1) is 20.2. The van der Waals surface area contributed by atoms with Gasteiger partial charge in [-0.15, -0.1) is 10.2 Å². The van der Waals surface area contributed by atoms with Crippen molar-refractivity contribution in [3.63, 3.8) is 0 Å². The number of halogens is 3. The number of unbranched alkanes of at least 4 members (excludes halogenated alkanes) is 7. The number of carboxylic acids is 1. The Morgan fingerprint density at radius 2 is 1.69 bits per heavy atom. The number of carbonyl (C=O) groups is 1. The number of ether oxygens (including phenoxy) is 1. The van der Waals surface area contributed by atoms with Gasteiger partial charge in [-0.3, -0.25) is 4.79 Å². The summed E-state index contributed by atoms with van der Waals surface area (Å²) in [6.45, 7) is 1.61. The Balaban J connectivity index is 1.80. The lowest BCUT2D eigenvalue weighted by molar-refractivity contribution is -0.166. The Bertz CT molecular complexity index is 774. The molecule has 0 amide bonds. The van der Waals surface area contributed by atoms with Crippen molar-refractivity contribution in [2.45, 2.75) is 82.9 Å². The van der Waals surface area contributed by atoms with Gasteiger partial charge in [0.2, 0.25) is 0 Å². The van der Waals surface area contributed by atoms with Crippen molar-refractivity contribution in [2.75, 3.05) is 6.61 Å². The first-order valence-corrected chi connectivity index (χ1v) is 9.98. The van der Waals surface area contributed by atoms with Crippen LogP contribution in [0.4, 0.5) is 13.2 Å². The molecule has 0 radical (unpaired) electrons. The molecule has 0 atom stereocenters. The standard InChI is InChI=1S/C21H29F3N2O3/c1-2-16-12-13-17(20(25-26-20)21(22,23)24)15-18(16)29-14-10-8-6-4-3-5-7-9-11-19(27)28/h12-13,15H,2-11,14H2,1H3,(H,27,28)/i2D2. The summed E-state index contributed by atoms with van der Waals surface area (Å²) in [5.74, 6) is -0.677. The highest BCUT2D eigenvalue weighted by Gasteiger charge is 2.65. The van der Waals surface area contributed by atoms with E-state index in [1.165, 1.54) is 25.1 Å². The third-order valence-electron chi connectivity index (χ3n) is 4.89. The molecule has 0 saturated carbocycles. The Morgan fingerprint density at radius 1 is 1.10 bits per heavy atom. The summed E-state index contributed by atoms with van der Waals surface area (Å²) in [4.78, 5) is 10.4. The molecule has 1 N–H and O–H groups in total. The van der Waals surface area contributed by atoms with Crippen LogP contribution in [-0.2, 0) is 16.8 Å². The molecule has 29 heavy (non-hydrogen) atoms. The number of aliphatic carboxylic acids is 1. The first-order chi connectivity index (χ1) is 14.5. The number of alkyl halides is 3. The first-order valence-electron chi connectivity index (χ1n) is 11.0. The van der Waals surface area contributed by atoms with Gasteiger partial charge in [0.25, 0.3) is 0 Å². The van der Waals surface area contributed by atoms with E-state index < -0.39 is 24.2 Å². The Kier molecular flexibility index (Phi) is 7.37. The van der Waals surface area contributed by atoms with Gasteiger partial charge in [-0.25, -0.2) is 0 Å². The molecule has 2 rings (SSSR count). The fourth-order valence-electron chi connectivity index (χ4n) is 3.13. The highest BCUT2D eigenvalue weighted by Crippen LogP contribution is 2.53. The minimum Gasteiger partial charge on any atom is -0.493 e. The van der Waals surface area contributed by atoms with Crippen molar-refractivity contribution in [2.24, 2.45) is 10.2 Å². The van der Waals surface area contributed by atoms with Crippen molar-refractivity contribution < 1.29 is 30.6 Å². The van der Waals surface area contributed by atoms with Crippen LogP contribution < -0.4 is 4.74 Å². The zero-order chi connectivity index (χ0) is 23.1. The summed E-state index contributed by atoms with van der Waals surface area (Å²) in [7, 11) is 0. The Hall–Kier alpha value is -2.12. The lowest BCUT2D eigenvalue weighted by atomic mass is 9.99. The van der Waals surface area contributed by atoms with Gasteiger partial charge in [-0.2, -0.15) is 13.2 Å². The number of aryl methyl sites for hydroxylation is 1. The van der Waals surface area contributed by atoms with E-state index in [4.69, 9.17) is 12.6 Å². The van der Waals surface area contributed by atoms with Crippen LogP contribution in [-0.4, -0.2) is 23.9 Å². The third-order valence-corrected chi connectivity index (χ3v) is 4.89. The average Bonchev–Trinajstić information content (AvgIpc) is 3.47. The molecule has 0 saturated heterocycles. The summed E-state index contributed by atoms with van der Waals surface area (Å²) >= 11 is 0. The second kappa shape index (κ2) is 10.6. The minimum absolute atomic E-state index is 0.0874. The molecule has 1 aliphatic rings. The number of hydrogen-bond donors (Lipinski definition) is 1. The summed E-state index contributed by atoms with van der Waals surface area (Å²) in [5, 5.41) is 15.0. The zero-order valence-corrected chi connectivity index (χ0v) is 16.6. The van der Waals surface area contributed by atoms with E-state index in [0.29, 0.717) is 12.8 Å². The molecule has 5 nitrogen and oxygen atoms in total. The van der Waals surface area contributed by atoms with Crippen LogP contribution in [0.15, 0.2) is 28.4 Å². The van der Waals surface area contributed by atoms with E-state index >= 15 is 0 Å². The second-order valence-electron chi connectivity index (χ2n) is 7.15. The summed E-state index contributed by atoms with van der Waals surface area (Å²) in [6.07, 6.45) is 1.05. The topological polar surface area (TPSA) is 71.2 Å². The maximum Gasteiger partial charge on any atom is 0.442 e. The molecule has 0 aliphatic carbocycles. The largest absolute Gasteiger partial charge is 0.493 e. The number of carboxylic acid groups (broad SMARTS) is 1. The lowest BCUT2D eigenvalue weighted by Gasteiger charge is -2.17. The highest BCUT2D eigenvalue weighted by molar-refractivity contribution is 5.66. The van der Waals surface area contributed by atoms with Gasteiger partial charge in [-0.05, 0) is 30.8 Å². The van der Waals surface area contributed by atoms with Crippen molar-refractivity contribution in [1.29, 1.82) is 0 Å². The van der Waals surface area contributed by atoms with Gasteiger partial charge in [0, 0.05) is 14.7 Å². The predicted octanol–water partition coefficient (Wildman–Crippen LogP) is 6.40. The van der Waals surface area contributed by atoms with Crippen molar-refractivity contribution >= 4 is 5.97 Å². The molecule has 0 aromatic heterocycles. The minimum atomic E-state index is -4.65. The summed E-state index contributed by atoms with van der Waals surface area (Å²) < 4.78 is 61.4. The third kappa shape index (κ3) is 6.72. The highest BCUT2D eigenvalue weighted by atomic mass is 19.4. The maximum absolute atomic E-state index is 13.3. The summed E-state index contributed by atoms with van der Waals surface area (Å²) in [6, 6.07) is 3.71. The van der Waals surface area contributed by atoms with Gasteiger partial charge in [-0.1, -0.05) is 57.6 Å². The smallest absolute Gasteiger partial charge is 0.442 e. The number of rotatable bonds is 14. The molecule has 162 valence electrons. The van der Waals surface area contributed by atoms with E-state index in [2.05, 4.69) is 10.2 Å². The van der Waals surface area contributed by atoms with Gasteiger partial charge >= 0.3 is 17.8 Å². The average molecular weight is 416 g/mol. The monoisotopic (exact) mass is 416 g/mol. The zero-order valence-electron chi connectivity index (χ0n) is 18.6. The van der Waals surface area contributed by atoms with Gasteiger partial charge < -0.3 is 9.84 Å². The van der Waals surface area contributed by atoms with Crippen LogP contribution in [0.2, 0.25) is 0 Å². The molecular weight excluding hydrogens is 385 g/mol. The van der Waals surface area contributed by atoms with Gasteiger partial charge in [0.15, 0.2) is 0 Å². The van der Waals surface area contributed by atoms with Crippen LogP contribution in [0.1, 0.15) is 78.6 Å². The van der Waals surface area contributed by atoms with E-state index in [1.54, 1.807) is 0 Å². The molecule has 1 aliphatic heterocycles. The molecular formula is C21H29F3N2O3. The Morgan fingerprint density at radius 3 is 2.21 bits per heavy atom. The molecule has 1 aromatic rings. The predicted molar refractivity (Wildman–Crippen MR) is 103 cm³/mol. The quantitative estimate of drug-likeness (QED) is 0.357. The van der Waals surface area contributed by atoms with E-state index in [1.807, 2.05) is 0 Å².